The fraction of sp³-hybridized carbons (Fsp3) is 0.0968. The first kappa shape index (κ1) is 25.9. The lowest BCUT2D eigenvalue weighted by Gasteiger charge is -2.24. The Hall–Kier alpha value is -4.69. The monoisotopic (exact) mass is 537 g/mol. The van der Waals surface area contributed by atoms with Crippen molar-refractivity contribution in [3.05, 3.63) is 114 Å². The van der Waals surface area contributed by atoms with Gasteiger partial charge in [0.05, 0.1) is 23.9 Å². The Morgan fingerprint density at radius 1 is 0.872 bits per heavy atom. The molecule has 0 unspecified atom stereocenters. The van der Waals surface area contributed by atoms with Gasteiger partial charge < -0.3 is 4.74 Å². The molecule has 39 heavy (non-hydrogen) atoms. The van der Waals surface area contributed by atoms with Gasteiger partial charge >= 0.3 is 0 Å². The van der Waals surface area contributed by atoms with Crippen molar-refractivity contribution >= 4 is 49.4 Å². The van der Waals surface area contributed by atoms with Crippen LogP contribution in [0.3, 0.4) is 0 Å². The number of benzene rings is 5. The summed E-state index contributed by atoms with van der Waals surface area (Å²) in [4.78, 5) is 13.1. The van der Waals surface area contributed by atoms with Crippen molar-refractivity contribution in [1.29, 1.82) is 0 Å². The molecule has 0 saturated heterocycles. The van der Waals surface area contributed by atoms with E-state index in [4.69, 9.17) is 4.74 Å². The molecule has 0 aliphatic rings. The van der Waals surface area contributed by atoms with Crippen LogP contribution in [0.4, 0.5) is 5.69 Å². The van der Waals surface area contributed by atoms with Gasteiger partial charge in [-0.1, -0.05) is 66.2 Å². The van der Waals surface area contributed by atoms with Gasteiger partial charge in [-0.2, -0.15) is 5.10 Å². The van der Waals surface area contributed by atoms with E-state index in [0.29, 0.717) is 11.4 Å². The average Bonchev–Trinajstić information content (AvgIpc) is 2.96. The van der Waals surface area contributed by atoms with E-state index in [9.17, 15) is 13.2 Å². The number of carbonyl (C=O) groups excluding carboxylic acids is 1. The third kappa shape index (κ3) is 5.46. The summed E-state index contributed by atoms with van der Waals surface area (Å²) in [7, 11) is -2.55. The zero-order chi connectivity index (χ0) is 27.4. The van der Waals surface area contributed by atoms with E-state index in [2.05, 4.69) is 16.6 Å². The summed E-state index contributed by atoms with van der Waals surface area (Å²) >= 11 is 0. The number of amides is 1. The predicted molar refractivity (Wildman–Crippen MR) is 156 cm³/mol. The first-order chi connectivity index (χ1) is 18.9. The fourth-order valence-electron chi connectivity index (χ4n) is 4.42. The lowest BCUT2D eigenvalue weighted by Crippen LogP contribution is -2.39. The highest BCUT2D eigenvalue weighted by Gasteiger charge is 2.27. The number of hydrogen-bond acceptors (Lipinski definition) is 5. The second kappa shape index (κ2) is 11.0. The van der Waals surface area contributed by atoms with Gasteiger partial charge in [0.2, 0.25) is 0 Å². The molecular weight excluding hydrogens is 510 g/mol. The quantitative estimate of drug-likeness (QED) is 0.157. The van der Waals surface area contributed by atoms with E-state index >= 15 is 0 Å². The molecular formula is C31H27N3O4S. The minimum Gasteiger partial charge on any atom is -0.497 e. The molecule has 0 saturated carbocycles. The second-order valence-corrected chi connectivity index (χ2v) is 10.9. The van der Waals surface area contributed by atoms with Gasteiger partial charge in [-0.05, 0) is 70.9 Å². The van der Waals surface area contributed by atoms with Gasteiger partial charge in [0.25, 0.3) is 15.9 Å². The van der Waals surface area contributed by atoms with Crippen molar-refractivity contribution in [2.75, 3.05) is 18.0 Å². The number of hydrogen-bond donors (Lipinski definition) is 1. The molecule has 0 aliphatic heterocycles. The molecule has 1 N–H and O–H groups in total. The van der Waals surface area contributed by atoms with Gasteiger partial charge in [0.15, 0.2) is 0 Å². The highest BCUT2D eigenvalue weighted by molar-refractivity contribution is 7.92. The largest absolute Gasteiger partial charge is 0.497 e. The molecule has 8 heteroatoms. The topological polar surface area (TPSA) is 88.1 Å². The SMILES string of the molecule is COc1ccc(S(=O)(=O)N(CC(=O)N/N=C\c2c3ccccc3cc3ccccc23)c2ccc(C)cc2)cc1. The molecule has 5 aromatic rings. The van der Waals surface area contributed by atoms with E-state index in [1.165, 1.54) is 19.2 Å². The number of methoxy groups -OCH3 is 1. The van der Waals surface area contributed by atoms with Crippen LogP contribution in [0.25, 0.3) is 21.5 Å². The van der Waals surface area contributed by atoms with E-state index in [-0.39, 0.29) is 4.90 Å². The number of ether oxygens (including phenoxy) is 1. The van der Waals surface area contributed by atoms with Crippen LogP contribution in [0.1, 0.15) is 11.1 Å². The minimum atomic E-state index is -4.06. The van der Waals surface area contributed by atoms with Gasteiger partial charge in [-0.25, -0.2) is 13.8 Å². The van der Waals surface area contributed by atoms with E-state index in [1.54, 1.807) is 42.6 Å². The average molecular weight is 538 g/mol. The second-order valence-electron chi connectivity index (χ2n) is 9.05. The first-order valence-corrected chi connectivity index (χ1v) is 13.8. The first-order valence-electron chi connectivity index (χ1n) is 12.3. The number of nitrogens with one attached hydrogen (secondary N) is 1. The van der Waals surface area contributed by atoms with Crippen LogP contribution in [0.15, 0.2) is 113 Å². The third-order valence-corrected chi connectivity index (χ3v) is 8.24. The zero-order valence-corrected chi connectivity index (χ0v) is 22.4. The summed E-state index contributed by atoms with van der Waals surface area (Å²) in [5.41, 5.74) is 4.72. The number of hydrazone groups is 1. The molecule has 0 fully saturated rings. The Kier molecular flexibility index (Phi) is 7.29. The Morgan fingerprint density at radius 3 is 2.05 bits per heavy atom. The van der Waals surface area contributed by atoms with Gasteiger partial charge in [0, 0.05) is 5.56 Å². The maximum atomic E-state index is 13.6. The Bertz CT molecular complexity index is 1730. The number of anilines is 1. The van der Waals surface area contributed by atoms with Crippen LogP contribution < -0.4 is 14.5 Å². The number of carbonyl (C=O) groups is 1. The summed E-state index contributed by atoms with van der Waals surface area (Å²) in [6.07, 6.45) is 1.61. The van der Waals surface area contributed by atoms with Crippen molar-refractivity contribution in [2.45, 2.75) is 11.8 Å². The maximum absolute atomic E-state index is 13.6. The van der Waals surface area contributed by atoms with E-state index < -0.39 is 22.5 Å². The van der Waals surface area contributed by atoms with Gasteiger partial charge in [-0.3, -0.25) is 9.10 Å². The number of aryl methyl sites for hydroxylation is 1. The number of sulfonamides is 1. The van der Waals surface area contributed by atoms with Crippen LogP contribution in [-0.2, 0) is 14.8 Å². The molecule has 0 atom stereocenters. The van der Waals surface area contributed by atoms with Crippen molar-refractivity contribution in [3.63, 3.8) is 0 Å². The number of fused-ring (bicyclic) bond motifs is 2. The normalized spacial score (nSPS) is 11.6. The number of rotatable bonds is 8. The van der Waals surface area contributed by atoms with Crippen LogP contribution in [0.2, 0.25) is 0 Å². The van der Waals surface area contributed by atoms with Crippen LogP contribution in [-0.4, -0.2) is 34.2 Å². The summed E-state index contributed by atoms with van der Waals surface area (Å²) in [6, 6.07) is 31.0. The smallest absolute Gasteiger partial charge is 0.264 e. The van der Waals surface area contributed by atoms with Gasteiger partial charge in [-0.15, -0.1) is 0 Å². The Labute approximate surface area is 227 Å². The molecule has 0 heterocycles. The molecule has 7 nitrogen and oxygen atoms in total. The van der Waals surface area contributed by atoms with E-state index in [0.717, 1.165) is 37.0 Å². The predicted octanol–water partition coefficient (Wildman–Crippen LogP) is 5.66. The molecule has 0 bridgehead atoms. The summed E-state index contributed by atoms with van der Waals surface area (Å²) in [5, 5.41) is 8.32. The van der Waals surface area contributed by atoms with Gasteiger partial charge in [0.1, 0.15) is 12.3 Å². The van der Waals surface area contributed by atoms with Crippen LogP contribution in [0.5, 0.6) is 5.75 Å². The molecule has 196 valence electrons. The molecule has 0 aromatic heterocycles. The molecule has 5 rings (SSSR count). The highest BCUT2D eigenvalue weighted by atomic mass is 32.2. The third-order valence-electron chi connectivity index (χ3n) is 6.45. The zero-order valence-electron chi connectivity index (χ0n) is 21.5. The lowest BCUT2D eigenvalue weighted by molar-refractivity contribution is -0.119. The molecule has 1 amide bonds. The van der Waals surface area contributed by atoms with Crippen molar-refractivity contribution < 1.29 is 17.9 Å². The molecule has 5 aromatic carbocycles. The summed E-state index contributed by atoms with van der Waals surface area (Å²) < 4.78 is 33.4. The highest BCUT2D eigenvalue weighted by Crippen LogP contribution is 2.28. The van der Waals surface area contributed by atoms with Crippen molar-refractivity contribution in [3.8, 4) is 5.75 Å². The summed E-state index contributed by atoms with van der Waals surface area (Å²) in [6.45, 7) is 1.45. The Morgan fingerprint density at radius 2 is 1.46 bits per heavy atom. The number of nitrogens with zero attached hydrogens (tertiary/aromatic N) is 2. The molecule has 0 spiro atoms. The Balaban J connectivity index is 1.43. The van der Waals surface area contributed by atoms with Crippen LogP contribution >= 0.6 is 0 Å². The maximum Gasteiger partial charge on any atom is 0.264 e. The fourth-order valence-corrected chi connectivity index (χ4v) is 5.84. The van der Waals surface area contributed by atoms with Crippen molar-refractivity contribution in [2.24, 2.45) is 5.10 Å². The summed E-state index contributed by atoms with van der Waals surface area (Å²) in [5.74, 6) is -0.0441. The molecule has 0 aliphatic carbocycles. The molecule has 0 radical (unpaired) electrons. The van der Waals surface area contributed by atoms with E-state index in [1.807, 2.05) is 55.5 Å². The minimum absolute atomic E-state index is 0.0439. The standard InChI is InChI=1S/C31H27N3O4S/c1-22-11-13-25(14-12-22)34(39(36,37)27-17-15-26(38-2)16-18-27)21-31(35)33-32-20-30-28-9-5-3-7-23(28)19-24-8-4-6-10-29(24)30/h3-20H,21H2,1-2H3,(H,33,35)/b32-20-. The van der Waals surface area contributed by atoms with Crippen molar-refractivity contribution in [1.82, 2.24) is 5.43 Å². The van der Waals surface area contributed by atoms with Crippen LogP contribution in [0, 0.1) is 6.92 Å². The lowest BCUT2D eigenvalue weighted by atomic mass is 9.97.